The number of nitrogens with zero attached hydrogens (tertiary/aromatic N) is 2. The van der Waals surface area contributed by atoms with Gasteiger partial charge in [0.15, 0.2) is 0 Å². The zero-order valence-corrected chi connectivity index (χ0v) is 16.4. The third-order valence-corrected chi connectivity index (χ3v) is 5.88. The summed E-state index contributed by atoms with van der Waals surface area (Å²) in [6.45, 7) is 5.76. The van der Waals surface area contributed by atoms with E-state index >= 15 is 0 Å². The molecule has 2 heterocycles. The van der Waals surface area contributed by atoms with Gasteiger partial charge in [0.1, 0.15) is 11.9 Å². The molecule has 0 spiro atoms. The van der Waals surface area contributed by atoms with Gasteiger partial charge in [-0.1, -0.05) is 38.0 Å². The maximum Gasteiger partial charge on any atom is 0.274 e. The fourth-order valence-corrected chi connectivity index (χ4v) is 4.52. The minimum atomic E-state index is -0.256. The molecule has 0 unspecified atom stereocenters. The molecule has 1 aliphatic heterocycles. The van der Waals surface area contributed by atoms with Gasteiger partial charge in [-0.05, 0) is 31.0 Å². The number of fused-ring (bicyclic) bond motifs is 1. The number of amides is 1. The number of carbonyl (C=O) groups is 1. The van der Waals surface area contributed by atoms with Crippen LogP contribution in [-0.4, -0.2) is 35.0 Å². The van der Waals surface area contributed by atoms with Crippen molar-refractivity contribution in [3.05, 3.63) is 24.0 Å². The second kappa shape index (κ2) is 8.80. The van der Waals surface area contributed by atoms with E-state index < -0.39 is 0 Å². The van der Waals surface area contributed by atoms with E-state index in [2.05, 4.69) is 18.8 Å². The van der Waals surface area contributed by atoms with E-state index in [-0.39, 0.29) is 17.8 Å². The summed E-state index contributed by atoms with van der Waals surface area (Å²) in [7, 11) is 0. The summed E-state index contributed by atoms with van der Waals surface area (Å²) in [5, 5.41) is 0.588. The Labute approximate surface area is 158 Å². The predicted octanol–water partition coefficient (Wildman–Crippen LogP) is 5.02. The van der Waals surface area contributed by atoms with Crippen molar-refractivity contribution in [3.8, 4) is 5.19 Å². The Kier molecular flexibility index (Phi) is 6.46. The van der Waals surface area contributed by atoms with Gasteiger partial charge in [-0.25, -0.2) is 9.37 Å². The lowest BCUT2D eigenvalue weighted by Gasteiger charge is -2.34. The highest BCUT2D eigenvalue weighted by molar-refractivity contribution is 7.20. The lowest BCUT2D eigenvalue weighted by atomic mass is 9.95. The molecule has 0 radical (unpaired) electrons. The quantitative estimate of drug-likeness (QED) is 0.679. The minimum absolute atomic E-state index is 0.0697. The normalized spacial score (nSPS) is 15.8. The first-order chi connectivity index (χ1) is 12.6. The van der Waals surface area contributed by atoms with Gasteiger partial charge >= 0.3 is 0 Å². The lowest BCUT2D eigenvalue weighted by Crippen LogP contribution is -2.44. The monoisotopic (exact) mass is 378 g/mol. The summed E-state index contributed by atoms with van der Waals surface area (Å²) in [6, 6.07) is 4.58. The average Bonchev–Trinajstić information content (AvgIpc) is 3.03. The number of piperidine rings is 1. The van der Waals surface area contributed by atoms with Crippen LogP contribution >= 0.6 is 11.3 Å². The molecule has 1 aliphatic rings. The van der Waals surface area contributed by atoms with Crippen molar-refractivity contribution in [3.63, 3.8) is 0 Å². The van der Waals surface area contributed by atoms with Gasteiger partial charge in [0.25, 0.3) is 5.19 Å². The van der Waals surface area contributed by atoms with Crippen LogP contribution in [0.5, 0.6) is 5.19 Å². The molecule has 3 rings (SSSR count). The van der Waals surface area contributed by atoms with Crippen molar-refractivity contribution < 1.29 is 13.9 Å². The number of carbonyl (C=O) groups excluding carboxylic acids is 1. The van der Waals surface area contributed by atoms with Crippen LogP contribution in [0.4, 0.5) is 4.39 Å². The number of aromatic nitrogens is 1. The highest BCUT2D eigenvalue weighted by atomic mass is 32.1. The van der Waals surface area contributed by atoms with Crippen molar-refractivity contribution in [1.29, 1.82) is 0 Å². The molecule has 26 heavy (non-hydrogen) atoms. The Morgan fingerprint density at radius 1 is 1.31 bits per heavy atom. The van der Waals surface area contributed by atoms with Crippen molar-refractivity contribution in [2.24, 2.45) is 5.92 Å². The molecule has 6 heteroatoms. The SMILES string of the molecule is CCCC(CCC)C(=O)N1CCC(Oc2nc3ccc(F)cc3s2)CC1. The standard InChI is InChI=1S/C20H27FN2O2S/c1-3-5-14(6-4-2)19(24)23-11-9-16(10-12-23)25-20-22-17-8-7-15(21)13-18(17)26-20/h7-8,13-14,16H,3-6,9-12H2,1-2H3. The van der Waals surface area contributed by atoms with Gasteiger partial charge in [0, 0.05) is 31.8 Å². The molecule has 0 saturated carbocycles. The Bertz CT molecular complexity index is 734. The topological polar surface area (TPSA) is 42.4 Å². The smallest absolute Gasteiger partial charge is 0.274 e. The number of ether oxygens (including phenoxy) is 1. The molecule has 1 amide bonds. The molecule has 142 valence electrons. The summed E-state index contributed by atoms with van der Waals surface area (Å²) in [4.78, 5) is 19.2. The van der Waals surface area contributed by atoms with Crippen LogP contribution in [0.25, 0.3) is 10.2 Å². The second-order valence-corrected chi connectivity index (χ2v) is 8.00. The number of hydrogen-bond donors (Lipinski definition) is 0. The van der Waals surface area contributed by atoms with Crippen molar-refractivity contribution in [2.45, 2.75) is 58.5 Å². The van der Waals surface area contributed by atoms with Gasteiger partial charge in [-0.3, -0.25) is 4.79 Å². The van der Waals surface area contributed by atoms with E-state index in [4.69, 9.17) is 4.74 Å². The van der Waals surface area contributed by atoms with Crippen molar-refractivity contribution >= 4 is 27.5 Å². The number of halogens is 1. The molecule has 2 aromatic rings. The number of thiazole rings is 1. The first-order valence-electron chi connectivity index (χ1n) is 9.62. The molecule has 0 atom stereocenters. The van der Waals surface area contributed by atoms with E-state index in [1.54, 1.807) is 6.07 Å². The second-order valence-electron chi connectivity index (χ2n) is 7.01. The van der Waals surface area contributed by atoms with Gasteiger partial charge in [-0.2, -0.15) is 0 Å². The highest BCUT2D eigenvalue weighted by Gasteiger charge is 2.28. The Morgan fingerprint density at radius 2 is 2.00 bits per heavy atom. The van der Waals surface area contributed by atoms with Crippen LogP contribution in [0.15, 0.2) is 18.2 Å². The Morgan fingerprint density at radius 3 is 2.65 bits per heavy atom. The first kappa shape index (κ1) is 19.1. The summed E-state index contributed by atoms with van der Waals surface area (Å²) < 4.78 is 20.1. The van der Waals surface area contributed by atoms with Crippen LogP contribution in [-0.2, 0) is 4.79 Å². The summed E-state index contributed by atoms with van der Waals surface area (Å²) in [5.41, 5.74) is 0.765. The van der Waals surface area contributed by atoms with Crippen molar-refractivity contribution in [1.82, 2.24) is 9.88 Å². The Balaban J connectivity index is 1.55. The zero-order valence-electron chi connectivity index (χ0n) is 15.5. The van der Waals surface area contributed by atoms with E-state index in [0.29, 0.717) is 11.1 Å². The van der Waals surface area contributed by atoms with Gasteiger partial charge in [-0.15, -0.1) is 0 Å². The van der Waals surface area contributed by atoms with Crippen LogP contribution < -0.4 is 4.74 Å². The maximum absolute atomic E-state index is 13.3. The van der Waals surface area contributed by atoms with Gasteiger partial charge in [0.2, 0.25) is 5.91 Å². The highest BCUT2D eigenvalue weighted by Crippen LogP contribution is 2.30. The fraction of sp³-hybridized carbons (Fsp3) is 0.600. The number of rotatable bonds is 7. The molecule has 4 nitrogen and oxygen atoms in total. The molecule has 0 aliphatic carbocycles. The minimum Gasteiger partial charge on any atom is -0.467 e. The Hall–Kier alpha value is -1.69. The van der Waals surface area contributed by atoms with E-state index in [9.17, 15) is 9.18 Å². The van der Waals surface area contributed by atoms with Gasteiger partial charge < -0.3 is 9.64 Å². The molecule has 1 fully saturated rings. The lowest BCUT2D eigenvalue weighted by molar-refractivity contribution is -0.137. The predicted molar refractivity (Wildman–Crippen MR) is 103 cm³/mol. The number of likely N-dealkylation sites (tertiary alicyclic amines) is 1. The van der Waals surface area contributed by atoms with Crippen LogP contribution in [0.2, 0.25) is 0 Å². The van der Waals surface area contributed by atoms with Crippen LogP contribution in [0, 0.1) is 11.7 Å². The molecule has 0 N–H and O–H groups in total. The summed E-state index contributed by atoms with van der Waals surface area (Å²) >= 11 is 1.38. The van der Waals surface area contributed by atoms with Crippen molar-refractivity contribution in [2.75, 3.05) is 13.1 Å². The number of hydrogen-bond acceptors (Lipinski definition) is 4. The average molecular weight is 379 g/mol. The van der Waals surface area contributed by atoms with E-state index in [0.717, 1.165) is 61.8 Å². The fourth-order valence-electron chi connectivity index (χ4n) is 3.61. The van der Waals surface area contributed by atoms with E-state index in [1.807, 2.05) is 4.90 Å². The molecule has 0 bridgehead atoms. The molecule has 1 aromatic heterocycles. The maximum atomic E-state index is 13.3. The number of benzene rings is 1. The first-order valence-corrected chi connectivity index (χ1v) is 10.4. The van der Waals surface area contributed by atoms with Crippen LogP contribution in [0.3, 0.4) is 0 Å². The molecule has 1 aromatic carbocycles. The summed E-state index contributed by atoms with van der Waals surface area (Å²) in [5.74, 6) is 0.220. The summed E-state index contributed by atoms with van der Waals surface area (Å²) in [6.07, 6.45) is 5.77. The van der Waals surface area contributed by atoms with Crippen LogP contribution in [0.1, 0.15) is 52.4 Å². The largest absolute Gasteiger partial charge is 0.467 e. The molecular formula is C20H27FN2O2S. The molecule has 1 saturated heterocycles. The third kappa shape index (κ3) is 4.53. The zero-order chi connectivity index (χ0) is 18.5. The molecular weight excluding hydrogens is 351 g/mol. The third-order valence-electron chi connectivity index (χ3n) is 4.98. The van der Waals surface area contributed by atoms with E-state index in [1.165, 1.54) is 23.5 Å². The van der Waals surface area contributed by atoms with Gasteiger partial charge in [0.05, 0.1) is 10.2 Å².